The summed E-state index contributed by atoms with van der Waals surface area (Å²) in [6.07, 6.45) is -2.98. The number of hydrogen-bond donors (Lipinski definition) is 0. The molecule has 1 atom stereocenters. The summed E-state index contributed by atoms with van der Waals surface area (Å²) < 4.78 is 53.5. The van der Waals surface area contributed by atoms with Crippen LogP contribution < -0.4 is 9.47 Å². The van der Waals surface area contributed by atoms with Crippen molar-refractivity contribution in [3.63, 3.8) is 0 Å². The van der Waals surface area contributed by atoms with Crippen LogP contribution in [0.5, 0.6) is 11.5 Å². The van der Waals surface area contributed by atoms with Gasteiger partial charge in [0.05, 0.1) is 32.2 Å². The highest BCUT2D eigenvalue weighted by molar-refractivity contribution is 6.00. The molecule has 192 valence electrons. The number of fused-ring (bicyclic) bond motifs is 2. The Kier molecular flexibility index (Phi) is 6.05. The molecule has 5 rings (SSSR count). The van der Waals surface area contributed by atoms with Crippen molar-refractivity contribution < 1.29 is 27.4 Å². The van der Waals surface area contributed by atoms with E-state index in [1.54, 1.807) is 36.3 Å². The number of carbonyl (C=O) groups excluding carboxylic acids is 1. The third kappa shape index (κ3) is 4.26. The summed E-state index contributed by atoms with van der Waals surface area (Å²) in [4.78, 5) is 19.8. The van der Waals surface area contributed by atoms with Crippen molar-refractivity contribution in [3.8, 4) is 22.8 Å². The average molecular weight is 511 g/mol. The number of aryl methyl sites for hydroxylation is 1. The van der Waals surface area contributed by atoms with Crippen molar-refractivity contribution in [2.45, 2.75) is 32.5 Å². The standard InChI is InChI=1S/C27H25F3N4O3/c1-15-5-7-17(8-6-15)21-13-24(27(28,29)30)34-25(32-21)20(14-31-34)26(35)33-10-9-18-11-22(36-3)23(37-4)12-19(18)16(33)2/h5-8,11-14,16H,9-10H2,1-4H3/t16-/m0/s1. The zero-order chi connectivity index (χ0) is 26.5. The van der Waals surface area contributed by atoms with Gasteiger partial charge in [0.2, 0.25) is 0 Å². The van der Waals surface area contributed by atoms with Crippen molar-refractivity contribution in [2.24, 2.45) is 0 Å². The lowest BCUT2D eigenvalue weighted by Crippen LogP contribution is -2.39. The Morgan fingerprint density at radius 2 is 1.73 bits per heavy atom. The van der Waals surface area contributed by atoms with Gasteiger partial charge in [-0.25, -0.2) is 9.50 Å². The number of halogens is 3. The molecule has 0 N–H and O–H groups in total. The lowest BCUT2D eigenvalue weighted by Gasteiger charge is -2.35. The van der Waals surface area contributed by atoms with Crippen LogP contribution >= 0.6 is 0 Å². The summed E-state index contributed by atoms with van der Waals surface area (Å²) in [7, 11) is 3.10. The normalized spacial score (nSPS) is 15.5. The predicted octanol–water partition coefficient (Wildman–Crippen LogP) is 5.50. The van der Waals surface area contributed by atoms with Crippen LogP contribution in [0.4, 0.5) is 13.2 Å². The molecule has 0 saturated carbocycles. The fourth-order valence-corrected chi connectivity index (χ4v) is 4.76. The molecule has 4 aromatic rings. The molecule has 0 spiro atoms. The van der Waals surface area contributed by atoms with Crippen LogP contribution in [0.2, 0.25) is 0 Å². The highest BCUT2D eigenvalue weighted by Gasteiger charge is 2.37. The zero-order valence-electron chi connectivity index (χ0n) is 20.8. The molecule has 0 saturated heterocycles. The number of methoxy groups -OCH3 is 2. The van der Waals surface area contributed by atoms with Gasteiger partial charge in [0.15, 0.2) is 22.8 Å². The number of benzene rings is 2. The van der Waals surface area contributed by atoms with Gasteiger partial charge in [0, 0.05) is 12.1 Å². The van der Waals surface area contributed by atoms with Crippen molar-refractivity contribution in [1.82, 2.24) is 19.5 Å². The van der Waals surface area contributed by atoms with Crippen LogP contribution in [0, 0.1) is 6.92 Å². The molecule has 0 bridgehead atoms. The number of carbonyl (C=O) groups is 1. The Hall–Kier alpha value is -4.08. The van der Waals surface area contributed by atoms with Gasteiger partial charge in [-0.3, -0.25) is 4.79 Å². The van der Waals surface area contributed by atoms with Crippen molar-refractivity contribution in [2.75, 3.05) is 20.8 Å². The molecule has 10 heteroatoms. The van der Waals surface area contributed by atoms with E-state index in [9.17, 15) is 18.0 Å². The topological polar surface area (TPSA) is 69.0 Å². The second-order valence-electron chi connectivity index (χ2n) is 9.01. The lowest BCUT2D eigenvalue weighted by atomic mass is 9.92. The Labute approximate surface area is 211 Å². The van der Waals surface area contributed by atoms with Crippen molar-refractivity contribution in [1.29, 1.82) is 0 Å². The van der Waals surface area contributed by atoms with E-state index in [1.807, 2.05) is 26.0 Å². The van der Waals surface area contributed by atoms with Gasteiger partial charge in [0.25, 0.3) is 5.91 Å². The van der Waals surface area contributed by atoms with Gasteiger partial charge in [-0.1, -0.05) is 29.8 Å². The maximum atomic E-state index is 14.0. The number of rotatable bonds is 4. The fraction of sp³-hybridized carbons (Fsp3) is 0.296. The Morgan fingerprint density at radius 1 is 1.05 bits per heavy atom. The molecule has 0 fully saturated rings. The first-order chi connectivity index (χ1) is 17.6. The summed E-state index contributed by atoms with van der Waals surface area (Å²) in [5.41, 5.74) is 2.38. The summed E-state index contributed by atoms with van der Waals surface area (Å²) in [6, 6.07) is 11.3. The molecule has 37 heavy (non-hydrogen) atoms. The molecule has 1 aliphatic heterocycles. The quantitative estimate of drug-likeness (QED) is 0.363. The van der Waals surface area contributed by atoms with E-state index in [1.165, 1.54) is 7.11 Å². The minimum Gasteiger partial charge on any atom is -0.493 e. The van der Waals surface area contributed by atoms with Crippen molar-refractivity contribution in [3.05, 3.63) is 76.6 Å². The average Bonchev–Trinajstić information content (AvgIpc) is 3.31. The molecule has 7 nitrogen and oxygen atoms in total. The smallest absolute Gasteiger partial charge is 0.433 e. The van der Waals surface area contributed by atoms with E-state index in [-0.39, 0.29) is 22.9 Å². The maximum Gasteiger partial charge on any atom is 0.433 e. The van der Waals surface area contributed by atoms with Crippen LogP contribution in [0.1, 0.15) is 45.7 Å². The molecule has 1 aliphatic rings. The van der Waals surface area contributed by atoms with Gasteiger partial charge in [-0.05, 0) is 49.6 Å². The number of ether oxygens (including phenoxy) is 2. The number of amides is 1. The maximum absolute atomic E-state index is 14.0. The minimum absolute atomic E-state index is 0.00948. The number of hydrogen-bond acceptors (Lipinski definition) is 5. The lowest BCUT2D eigenvalue weighted by molar-refractivity contribution is -0.142. The Morgan fingerprint density at radius 3 is 2.38 bits per heavy atom. The second-order valence-corrected chi connectivity index (χ2v) is 9.01. The molecule has 2 aromatic carbocycles. The van der Waals surface area contributed by atoms with Gasteiger partial charge in [0.1, 0.15) is 5.56 Å². The SMILES string of the molecule is COc1cc2c(cc1OC)[C@H](C)N(C(=O)c1cnn3c(C(F)(F)F)cc(-c4ccc(C)cc4)nc13)CC2. The first-order valence-corrected chi connectivity index (χ1v) is 11.7. The van der Waals surface area contributed by atoms with E-state index < -0.39 is 17.8 Å². The van der Waals surface area contributed by atoms with E-state index in [0.717, 1.165) is 29.0 Å². The summed E-state index contributed by atoms with van der Waals surface area (Å²) >= 11 is 0. The summed E-state index contributed by atoms with van der Waals surface area (Å²) in [5, 5.41) is 3.92. The number of nitrogens with zero attached hydrogens (tertiary/aromatic N) is 4. The van der Waals surface area contributed by atoms with Crippen LogP contribution in [-0.4, -0.2) is 46.2 Å². The monoisotopic (exact) mass is 510 g/mol. The Bertz CT molecular complexity index is 1500. The minimum atomic E-state index is -4.69. The van der Waals surface area contributed by atoms with E-state index in [2.05, 4.69) is 10.1 Å². The van der Waals surface area contributed by atoms with Crippen LogP contribution in [0.25, 0.3) is 16.9 Å². The number of aromatic nitrogens is 3. The fourth-order valence-electron chi connectivity index (χ4n) is 4.76. The molecular weight excluding hydrogens is 485 g/mol. The van der Waals surface area contributed by atoms with Crippen molar-refractivity contribution >= 4 is 11.6 Å². The van der Waals surface area contributed by atoms with Gasteiger partial charge in [-0.2, -0.15) is 18.3 Å². The van der Waals surface area contributed by atoms with E-state index in [4.69, 9.17) is 9.47 Å². The van der Waals surface area contributed by atoms with E-state index >= 15 is 0 Å². The van der Waals surface area contributed by atoms with Gasteiger partial charge in [-0.15, -0.1) is 0 Å². The molecule has 0 unspecified atom stereocenters. The molecule has 0 radical (unpaired) electrons. The number of alkyl halides is 3. The highest BCUT2D eigenvalue weighted by atomic mass is 19.4. The molecule has 1 amide bonds. The molecule has 0 aliphatic carbocycles. The predicted molar refractivity (Wildman–Crippen MR) is 131 cm³/mol. The van der Waals surface area contributed by atoms with Crippen LogP contribution in [0.3, 0.4) is 0 Å². The van der Waals surface area contributed by atoms with Crippen LogP contribution in [-0.2, 0) is 12.6 Å². The molecule has 3 heterocycles. The third-order valence-electron chi connectivity index (χ3n) is 6.79. The zero-order valence-corrected chi connectivity index (χ0v) is 20.8. The van der Waals surface area contributed by atoms with Gasteiger partial charge < -0.3 is 14.4 Å². The van der Waals surface area contributed by atoms with Crippen LogP contribution in [0.15, 0.2) is 48.7 Å². The second kappa shape index (κ2) is 9.10. The first kappa shape index (κ1) is 24.6. The summed E-state index contributed by atoms with van der Waals surface area (Å²) in [6.45, 7) is 4.14. The first-order valence-electron chi connectivity index (χ1n) is 11.7. The highest BCUT2D eigenvalue weighted by Crippen LogP contribution is 2.39. The largest absolute Gasteiger partial charge is 0.493 e. The Balaban J connectivity index is 1.59. The van der Waals surface area contributed by atoms with E-state index in [0.29, 0.717) is 34.5 Å². The van der Waals surface area contributed by atoms with Gasteiger partial charge >= 0.3 is 6.18 Å². The molecule has 2 aromatic heterocycles. The molecular formula is C27H25F3N4O3. The third-order valence-corrected chi connectivity index (χ3v) is 6.79. The summed E-state index contributed by atoms with van der Waals surface area (Å²) in [5.74, 6) is 0.700.